The Bertz CT molecular complexity index is 512. The van der Waals surface area contributed by atoms with Gasteiger partial charge in [0.15, 0.2) is 0 Å². The van der Waals surface area contributed by atoms with Crippen LogP contribution in [0.15, 0.2) is 18.2 Å². The maximum atomic E-state index is 12.1. The highest BCUT2D eigenvalue weighted by atomic mass is 16.5. The molecule has 2 fully saturated rings. The number of phenolic OH excluding ortho intramolecular Hbond substituents is 1. The fourth-order valence-corrected chi connectivity index (χ4v) is 3.21. The zero-order chi connectivity index (χ0) is 14.8. The molecule has 0 aromatic heterocycles. The van der Waals surface area contributed by atoms with Crippen molar-refractivity contribution in [2.75, 3.05) is 26.2 Å². The van der Waals surface area contributed by atoms with Crippen molar-refractivity contribution >= 4 is 5.91 Å². The molecule has 21 heavy (non-hydrogen) atoms. The third kappa shape index (κ3) is 3.36. The van der Waals surface area contributed by atoms with Crippen LogP contribution in [0.4, 0.5) is 0 Å². The summed E-state index contributed by atoms with van der Waals surface area (Å²) in [6.07, 6.45) is 2.53. The predicted molar refractivity (Wildman–Crippen MR) is 79.5 cm³/mol. The fraction of sp³-hybridized carbons (Fsp3) is 0.562. The van der Waals surface area contributed by atoms with E-state index in [2.05, 4.69) is 10.2 Å². The third-order valence-corrected chi connectivity index (χ3v) is 4.28. The molecule has 0 saturated carbocycles. The highest BCUT2D eigenvalue weighted by Crippen LogP contribution is 2.22. The van der Waals surface area contributed by atoms with Crippen molar-refractivity contribution in [2.24, 2.45) is 0 Å². The first-order valence-electron chi connectivity index (χ1n) is 7.56. The van der Waals surface area contributed by atoms with Crippen LogP contribution in [0.5, 0.6) is 5.75 Å². The lowest BCUT2D eigenvalue weighted by Crippen LogP contribution is -2.50. The van der Waals surface area contributed by atoms with Gasteiger partial charge in [0.05, 0.1) is 12.7 Å². The molecule has 2 N–H and O–H groups in total. The number of benzene rings is 1. The van der Waals surface area contributed by atoms with E-state index in [9.17, 15) is 9.90 Å². The molecule has 2 aliphatic rings. The number of fused-ring (bicyclic) bond motifs is 1. The molecule has 0 radical (unpaired) electrons. The monoisotopic (exact) mass is 290 g/mol. The molecule has 2 atom stereocenters. The Morgan fingerprint density at radius 2 is 2.33 bits per heavy atom. The molecule has 0 unspecified atom stereocenters. The summed E-state index contributed by atoms with van der Waals surface area (Å²) in [7, 11) is 0. The van der Waals surface area contributed by atoms with Crippen LogP contribution in [0.25, 0.3) is 0 Å². The van der Waals surface area contributed by atoms with Crippen molar-refractivity contribution in [2.45, 2.75) is 31.9 Å². The number of nitrogens with zero attached hydrogens (tertiary/aromatic N) is 1. The van der Waals surface area contributed by atoms with E-state index in [1.807, 2.05) is 6.92 Å². The topological polar surface area (TPSA) is 61.8 Å². The van der Waals surface area contributed by atoms with Gasteiger partial charge in [-0.1, -0.05) is 0 Å². The Hall–Kier alpha value is -1.59. The lowest BCUT2D eigenvalue weighted by Gasteiger charge is -2.35. The highest BCUT2D eigenvalue weighted by Gasteiger charge is 2.32. The average molecular weight is 290 g/mol. The third-order valence-electron chi connectivity index (χ3n) is 4.28. The minimum atomic E-state index is -0.166. The van der Waals surface area contributed by atoms with Crippen LogP contribution in [-0.2, 0) is 4.74 Å². The summed E-state index contributed by atoms with van der Waals surface area (Å²) in [6.45, 7) is 5.17. The van der Waals surface area contributed by atoms with Gasteiger partial charge in [-0.05, 0) is 50.1 Å². The summed E-state index contributed by atoms with van der Waals surface area (Å²) in [6, 6.07) is 5.47. The predicted octanol–water partition coefficient (Wildman–Crippen LogP) is 1.29. The number of carbonyl (C=O) groups is 1. The SMILES string of the molecule is Cc1cc(O)cc(C(=O)NC[C@H]2CN3CCC[C@H]3CO2)c1. The quantitative estimate of drug-likeness (QED) is 0.880. The molecular weight excluding hydrogens is 268 g/mol. The fourth-order valence-electron chi connectivity index (χ4n) is 3.21. The van der Waals surface area contributed by atoms with Crippen molar-refractivity contribution in [1.82, 2.24) is 10.2 Å². The second-order valence-electron chi connectivity index (χ2n) is 6.01. The lowest BCUT2D eigenvalue weighted by atomic mass is 10.1. The van der Waals surface area contributed by atoms with Crippen molar-refractivity contribution in [3.63, 3.8) is 0 Å². The van der Waals surface area contributed by atoms with E-state index in [4.69, 9.17) is 4.74 Å². The van der Waals surface area contributed by atoms with Gasteiger partial charge >= 0.3 is 0 Å². The van der Waals surface area contributed by atoms with E-state index < -0.39 is 0 Å². The summed E-state index contributed by atoms with van der Waals surface area (Å²) >= 11 is 0. The van der Waals surface area contributed by atoms with Gasteiger partial charge in [-0.3, -0.25) is 9.69 Å². The van der Waals surface area contributed by atoms with Gasteiger partial charge in [-0.15, -0.1) is 0 Å². The Morgan fingerprint density at radius 3 is 3.14 bits per heavy atom. The van der Waals surface area contributed by atoms with Crippen LogP contribution in [-0.4, -0.2) is 54.3 Å². The van der Waals surface area contributed by atoms with Gasteiger partial charge in [0.1, 0.15) is 5.75 Å². The standard InChI is InChI=1S/C16H22N2O3/c1-11-5-12(7-14(19)6-11)16(20)17-8-15-9-18-4-2-3-13(18)10-21-15/h5-7,13,15,19H,2-4,8-10H2,1H3,(H,17,20)/t13-,15-/m0/s1. The van der Waals surface area contributed by atoms with Crippen molar-refractivity contribution < 1.29 is 14.6 Å². The molecule has 1 aromatic carbocycles. The molecule has 5 nitrogen and oxygen atoms in total. The smallest absolute Gasteiger partial charge is 0.251 e. The highest BCUT2D eigenvalue weighted by molar-refractivity contribution is 5.94. The number of aromatic hydroxyl groups is 1. The van der Waals surface area contributed by atoms with Crippen molar-refractivity contribution in [3.8, 4) is 5.75 Å². The maximum absolute atomic E-state index is 12.1. The van der Waals surface area contributed by atoms with E-state index in [0.717, 1.165) is 25.3 Å². The number of amides is 1. The first-order valence-corrected chi connectivity index (χ1v) is 7.56. The summed E-state index contributed by atoms with van der Waals surface area (Å²) in [5, 5.41) is 12.5. The average Bonchev–Trinajstić information content (AvgIpc) is 2.91. The van der Waals surface area contributed by atoms with Crippen molar-refractivity contribution in [3.05, 3.63) is 29.3 Å². The summed E-state index contributed by atoms with van der Waals surface area (Å²) < 4.78 is 5.82. The van der Waals surface area contributed by atoms with Crippen LogP contribution in [0, 0.1) is 6.92 Å². The van der Waals surface area contributed by atoms with E-state index in [-0.39, 0.29) is 17.8 Å². The Balaban J connectivity index is 1.53. The molecule has 3 rings (SSSR count). The molecule has 2 aliphatic heterocycles. The number of hydrogen-bond acceptors (Lipinski definition) is 4. The minimum Gasteiger partial charge on any atom is -0.508 e. The van der Waals surface area contributed by atoms with Gasteiger partial charge < -0.3 is 15.2 Å². The lowest BCUT2D eigenvalue weighted by molar-refractivity contribution is -0.0461. The number of hydrogen-bond donors (Lipinski definition) is 2. The molecule has 0 spiro atoms. The number of rotatable bonds is 3. The molecule has 0 bridgehead atoms. The van der Waals surface area contributed by atoms with Crippen LogP contribution >= 0.6 is 0 Å². The molecule has 5 heteroatoms. The van der Waals surface area contributed by atoms with E-state index >= 15 is 0 Å². The van der Waals surface area contributed by atoms with Gasteiger partial charge in [-0.25, -0.2) is 0 Å². The second-order valence-corrected chi connectivity index (χ2v) is 6.01. The Labute approximate surface area is 124 Å². The molecule has 2 saturated heterocycles. The van der Waals surface area contributed by atoms with Gasteiger partial charge in [0.25, 0.3) is 5.91 Å². The molecule has 1 aromatic rings. The van der Waals surface area contributed by atoms with E-state index in [1.54, 1.807) is 12.1 Å². The number of carbonyl (C=O) groups excluding carboxylic acids is 1. The summed E-state index contributed by atoms with van der Waals surface area (Å²) in [4.78, 5) is 14.6. The molecular formula is C16H22N2O3. The largest absolute Gasteiger partial charge is 0.508 e. The molecule has 0 aliphatic carbocycles. The number of aryl methyl sites for hydroxylation is 1. The van der Waals surface area contributed by atoms with Gasteiger partial charge in [0.2, 0.25) is 0 Å². The number of morpholine rings is 1. The number of nitrogens with one attached hydrogen (secondary N) is 1. The van der Waals surface area contributed by atoms with Crippen molar-refractivity contribution in [1.29, 1.82) is 0 Å². The maximum Gasteiger partial charge on any atom is 0.251 e. The molecule has 2 heterocycles. The number of phenols is 1. The number of ether oxygens (including phenoxy) is 1. The Morgan fingerprint density at radius 1 is 1.48 bits per heavy atom. The van der Waals surface area contributed by atoms with Crippen LogP contribution < -0.4 is 5.32 Å². The van der Waals surface area contributed by atoms with E-state index in [1.165, 1.54) is 18.9 Å². The first kappa shape index (κ1) is 14.4. The molecule has 114 valence electrons. The van der Waals surface area contributed by atoms with E-state index in [0.29, 0.717) is 18.2 Å². The molecule has 1 amide bonds. The van der Waals surface area contributed by atoms with Crippen LogP contribution in [0.2, 0.25) is 0 Å². The normalized spacial score (nSPS) is 25.6. The zero-order valence-electron chi connectivity index (χ0n) is 12.3. The minimum absolute atomic E-state index is 0.0571. The van der Waals surface area contributed by atoms with Crippen LogP contribution in [0.1, 0.15) is 28.8 Å². The summed E-state index contributed by atoms with van der Waals surface area (Å²) in [5.74, 6) is -0.0462. The first-order chi connectivity index (χ1) is 10.1. The zero-order valence-corrected chi connectivity index (χ0v) is 12.3. The Kier molecular flexibility index (Phi) is 4.12. The second kappa shape index (κ2) is 6.03. The van der Waals surface area contributed by atoms with Gasteiger partial charge in [-0.2, -0.15) is 0 Å². The summed E-state index contributed by atoms with van der Waals surface area (Å²) in [5.41, 5.74) is 1.36. The van der Waals surface area contributed by atoms with Crippen LogP contribution in [0.3, 0.4) is 0 Å². The van der Waals surface area contributed by atoms with Gasteiger partial charge in [0, 0.05) is 24.7 Å².